The molecule has 1 aromatic heterocycles. The van der Waals surface area contributed by atoms with Crippen LogP contribution in [0.5, 0.6) is 0 Å². The number of benzene rings is 1. The Bertz CT molecular complexity index is 859. The lowest BCUT2D eigenvalue weighted by Gasteiger charge is -2.42. The minimum atomic E-state index is -0.481. The molecule has 0 radical (unpaired) electrons. The van der Waals surface area contributed by atoms with Crippen LogP contribution in [0, 0.1) is 11.3 Å². The largest absolute Gasteiger partial charge is 0.381 e. The number of rotatable bonds is 5. The van der Waals surface area contributed by atoms with E-state index in [2.05, 4.69) is 35.7 Å². The molecule has 5 nitrogen and oxygen atoms in total. The van der Waals surface area contributed by atoms with Crippen molar-refractivity contribution in [2.75, 3.05) is 26.3 Å². The summed E-state index contributed by atoms with van der Waals surface area (Å²) in [6.07, 6.45) is 3.72. The van der Waals surface area contributed by atoms with Gasteiger partial charge in [-0.3, -0.25) is 9.59 Å². The SMILES string of the molecule is NC(=O)C1CCCN(C(=O)C2(Cc3ccccc3-c3cccs3)CCOCC2)C1. The highest BCUT2D eigenvalue weighted by atomic mass is 32.1. The van der Waals surface area contributed by atoms with Gasteiger partial charge in [0.2, 0.25) is 11.8 Å². The van der Waals surface area contributed by atoms with Crippen molar-refractivity contribution in [3.8, 4) is 10.4 Å². The predicted octanol–water partition coefficient (Wildman–Crippen LogP) is 3.48. The van der Waals surface area contributed by atoms with Gasteiger partial charge in [0.05, 0.1) is 11.3 Å². The summed E-state index contributed by atoms with van der Waals surface area (Å²) in [4.78, 5) is 28.6. The van der Waals surface area contributed by atoms with Crippen LogP contribution in [0.15, 0.2) is 41.8 Å². The van der Waals surface area contributed by atoms with E-state index in [1.807, 2.05) is 11.0 Å². The van der Waals surface area contributed by atoms with Crippen molar-refractivity contribution in [2.45, 2.75) is 32.1 Å². The topological polar surface area (TPSA) is 72.6 Å². The minimum Gasteiger partial charge on any atom is -0.381 e. The average molecular weight is 413 g/mol. The van der Waals surface area contributed by atoms with Gasteiger partial charge in [0.1, 0.15) is 0 Å². The number of primary amides is 1. The average Bonchev–Trinajstić information content (AvgIpc) is 3.29. The van der Waals surface area contributed by atoms with Crippen LogP contribution in [0.2, 0.25) is 0 Å². The van der Waals surface area contributed by atoms with E-state index < -0.39 is 5.41 Å². The van der Waals surface area contributed by atoms with Crippen LogP contribution in [0.3, 0.4) is 0 Å². The lowest BCUT2D eigenvalue weighted by atomic mass is 9.72. The van der Waals surface area contributed by atoms with Gasteiger partial charge >= 0.3 is 0 Å². The van der Waals surface area contributed by atoms with Gasteiger partial charge in [0.15, 0.2) is 0 Å². The molecule has 0 aliphatic carbocycles. The molecule has 2 amide bonds. The molecule has 154 valence electrons. The number of piperidine rings is 1. The third-order valence-electron chi connectivity index (χ3n) is 6.35. The highest BCUT2D eigenvalue weighted by Crippen LogP contribution is 2.40. The molecule has 3 heterocycles. The molecule has 1 unspecified atom stereocenters. The number of nitrogens with two attached hydrogens (primary N) is 1. The summed E-state index contributed by atoms with van der Waals surface area (Å²) >= 11 is 1.72. The van der Waals surface area contributed by atoms with Gasteiger partial charge in [-0.25, -0.2) is 0 Å². The summed E-state index contributed by atoms with van der Waals surface area (Å²) in [6.45, 7) is 2.35. The molecule has 1 aromatic carbocycles. The van der Waals surface area contributed by atoms with Crippen molar-refractivity contribution in [1.82, 2.24) is 4.90 Å². The highest BCUT2D eigenvalue weighted by Gasteiger charge is 2.44. The Hall–Kier alpha value is -2.18. The second kappa shape index (κ2) is 8.67. The molecule has 2 aliphatic rings. The monoisotopic (exact) mass is 412 g/mol. The van der Waals surface area contributed by atoms with Gasteiger partial charge < -0.3 is 15.4 Å². The van der Waals surface area contributed by atoms with Crippen molar-refractivity contribution in [3.05, 3.63) is 47.3 Å². The van der Waals surface area contributed by atoms with E-state index in [1.54, 1.807) is 11.3 Å². The number of carbonyl (C=O) groups is 2. The van der Waals surface area contributed by atoms with E-state index in [1.165, 1.54) is 16.0 Å². The molecule has 6 heteroatoms. The number of ether oxygens (including phenoxy) is 1. The Morgan fingerprint density at radius 2 is 1.97 bits per heavy atom. The van der Waals surface area contributed by atoms with Crippen LogP contribution in [-0.4, -0.2) is 43.0 Å². The molecular weight excluding hydrogens is 384 g/mol. The Kier molecular flexibility index (Phi) is 6.01. The first-order valence-corrected chi connectivity index (χ1v) is 11.3. The van der Waals surface area contributed by atoms with Gasteiger partial charge in [0.25, 0.3) is 0 Å². The number of carbonyl (C=O) groups excluding carboxylic acids is 2. The number of amides is 2. The molecule has 0 spiro atoms. The zero-order valence-corrected chi connectivity index (χ0v) is 17.5. The standard InChI is InChI=1S/C23H28N2O3S/c24-21(26)18-6-3-11-25(16-18)22(27)23(9-12-28-13-10-23)15-17-5-1-2-7-19(17)20-8-4-14-29-20/h1-2,4-5,7-8,14,18H,3,6,9-13,15-16H2,(H2,24,26). The van der Waals surface area contributed by atoms with Crippen molar-refractivity contribution < 1.29 is 14.3 Å². The van der Waals surface area contributed by atoms with Gasteiger partial charge in [-0.2, -0.15) is 0 Å². The van der Waals surface area contributed by atoms with Gasteiger partial charge in [-0.1, -0.05) is 30.3 Å². The lowest BCUT2D eigenvalue weighted by Crippen LogP contribution is -2.52. The molecular formula is C23H28N2O3S. The second-order valence-electron chi connectivity index (χ2n) is 8.20. The smallest absolute Gasteiger partial charge is 0.229 e. The summed E-state index contributed by atoms with van der Waals surface area (Å²) in [6, 6.07) is 12.6. The van der Waals surface area contributed by atoms with E-state index in [-0.39, 0.29) is 17.7 Å². The van der Waals surface area contributed by atoms with Crippen LogP contribution in [0.1, 0.15) is 31.2 Å². The van der Waals surface area contributed by atoms with Crippen molar-refractivity contribution in [1.29, 1.82) is 0 Å². The molecule has 0 saturated carbocycles. The normalized spacial score (nSPS) is 21.7. The number of nitrogens with zero attached hydrogens (tertiary/aromatic N) is 1. The fourth-order valence-corrected chi connectivity index (χ4v) is 5.46. The third-order valence-corrected chi connectivity index (χ3v) is 7.25. The van der Waals surface area contributed by atoms with E-state index in [0.29, 0.717) is 45.6 Å². The molecule has 2 fully saturated rings. The zero-order chi connectivity index (χ0) is 20.3. The van der Waals surface area contributed by atoms with Gasteiger partial charge in [-0.15, -0.1) is 11.3 Å². The first-order valence-electron chi connectivity index (χ1n) is 10.4. The van der Waals surface area contributed by atoms with Crippen LogP contribution in [0.4, 0.5) is 0 Å². The molecule has 2 aliphatic heterocycles. The van der Waals surface area contributed by atoms with Gasteiger partial charge in [0, 0.05) is 31.2 Å². The van der Waals surface area contributed by atoms with E-state index in [0.717, 1.165) is 12.8 Å². The molecule has 2 aromatic rings. The van der Waals surface area contributed by atoms with E-state index >= 15 is 0 Å². The predicted molar refractivity (Wildman–Crippen MR) is 114 cm³/mol. The lowest BCUT2D eigenvalue weighted by molar-refractivity contribution is -0.150. The summed E-state index contributed by atoms with van der Waals surface area (Å²) in [5.41, 5.74) is 7.47. The van der Waals surface area contributed by atoms with Crippen LogP contribution >= 0.6 is 11.3 Å². The number of thiophene rings is 1. The van der Waals surface area contributed by atoms with Crippen LogP contribution in [-0.2, 0) is 20.7 Å². The maximum Gasteiger partial charge on any atom is 0.229 e. The van der Waals surface area contributed by atoms with Crippen molar-refractivity contribution >= 4 is 23.2 Å². The number of hydrogen-bond donors (Lipinski definition) is 1. The second-order valence-corrected chi connectivity index (χ2v) is 9.14. The Balaban J connectivity index is 1.63. The summed E-state index contributed by atoms with van der Waals surface area (Å²) < 4.78 is 5.62. The molecule has 4 rings (SSSR count). The Labute approximate surface area is 175 Å². The Morgan fingerprint density at radius 3 is 2.69 bits per heavy atom. The van der Waals surface area contributed by atoms with Crippen molar-refractivity contribution in [2.24, 2.45) is 17.1 Å². The minimum absolute atomic E-state index is 0.160. The van der Waals surface area contributed by atoms with Crippen LogP contribution in [0.25, 0.3) is 10.4 Å². The fourth-order valence-electron chi connectivity index (χ4n) is 4.67. The van der Waals surface area contributed by atoms with Gasteiger partial charge in [-0.05, 0) is 54.7 Å². The number of likely N-dealkylation sites (tertiary alicyclic amines) is 1. The molecule has 1 atom stereocenters. The van der Waals surface area contributed by atoms with Crippen LogP contribution < -0.4 is 5.73 Å². The van der Waals surface area contributed by atoms with E-state index in [9.17, 15) is 9.59 Å². The summed E-state index contributed by atoms with van der Waals surface area (Å²) in [5.74, 6) is -0.373. The zero-order valence-electron chi connectivity index (χ0n) is 16.6. The first kappa shape index (κ1) is 20.1. The summed E-state index contributed by atoms with van der Waals surface area (Å²) in [5, 5.41) is 2.08. The summed E-state index contributed by atoms with van der Waals surface area (Å²) in [7, 11) is 0. The first-order chi connectivity index (χ1) is 14.1. The maximum absolute atomic E-state index is 13.8. The maximum atomic E-state index is 13.8. The third kappa shape index (κ3) is 4.23. The van der Waals surface area contributed by atoms with E-state index in [4.69, 9.17) is 10.5 Å². The quantitative estimate of drug-likeness (QED) is 0.817. The van der Waals surface area contributed by atoms with Crippen molar-refractivity contribution in [3.63, 3.8) is 0 Å². The molecule has 2 saturated heterocycles. The Morgan fingerprint density at radius 1 is 1.17 bits per heavy atom. The molecule has 2 N–H and O–H groups in total. The number of hydrogen-bond acceptors (Lipinski definition) is 4. The fraction of sp³-hybridized carbons (Fsp3) is 0.478. The molecule has 29 heavy (non-hydrogen) atoms. The molecule has 0 bridgehead atoms. The highest BCUT2D eigenvalue weighted by molar-refractivity contribution is 7.13.